The van der Waals surface area contributed by atoms with Gasteiger partial charge < -0.3 is 30.7 Å². The molecule has 2 heterocycles. The van der Waals surface area contributed by atoms with E-state index in [4.69, 9.17) is 9.47 Å². The average molecular weight is 583 g/mol. The van der Waals surface area contributed by atoms with Crippen LogP contribution >= 0.6 is 0 Å². The maximum atomic E-state index is 14.2. The minimum atomic E-state index is -1.25. The summed E-state index contributed by atoms with van der Waals surface area (Å²) in [6.07, 6.45) is 1.21. The molecule has 0 unspecified atom stereocenters. The number of carbonyl (C=O) groups excluding carboxylic acids is 4. The van der Waals surface area contributed by atoms with Crippen LogP contribution < -0.4 is 26.0 Å². The number of fused-ring (bicyclic) bond motifs is 1. The summed E-state index contributed by atoms with van der Waals surface area (Å²) in [5.41, 5.74) is 0.380. The second-order valence-electron chi connectivity index (χ2n) is 11.1. The normalized spacial score (nSPS) is 21.9. The number of para-hydroxylation sites is 1. The van der Waals surface area contributed by atoms with Crippen molar-refractivity contribution in [3.8, 4) is 5.75 Å². The molecule has 0 bridgehead atoms. The monoisotopic (exact) mass is 582 g/mol. The Balaban J connectivity index is 1.59. The summed E-state index contributed by atoms with van der Waals surface area (Å²) in [6, 6.07) is 10.9. The van der Waals surface area contributed by atoms with Gasteiger partial charge in [-0.1, -0.05) is 38.1 Å². The lowest BCUT2D eigenvalue weighted by Gasteiger charge is -2.38. The lowest BCUT2D eigenvalue weighted by molar-refractivity contribution is -0.132. The first-order valence-corrected chi connectivity index (χ1v) is 14.4. The molecule has 2 aliphatic heterocycles. The fourth-order valence-electron chi connectivity index (χ4n) is 5.28. The second-order valence-corrected chi connectivity index (χ2v) is 11.1. The van der Waals surface area contributed by atoms with E-state index >= 15 is 0 Å². The second kappa shape index (κ2) is 14.3. The molecule has 1 fully saturated rings. The van der Waals surface area contributed by atoms with Crippen LogP contribution in [0.1, 0.15) is 55.5 Å². The van der Waals surface area contributed by atoms with Crippen LogP contribution in [0.5, 0.6) is 5.75 Å². The van der Waals surface area contributed by atoms with Crippen LogP contribution in [-0.4, -0.2) is 68.6 Å². The van der Waals surface area contributed by atoms with Crippen LogP contribution in [0.25, 0.3) is 0 Å². The Kier molecular flexibility index (Phi) is 10.5. The van der Waals surface area contributed by atoms with Crippen molar-refractivity contribution in [1.82, 2.24) is 21.3 Å². The number of halogens is 1. The first-order valence-electron chi connectivity index (χ1n) is 14.4. The highest BCUT2D eigenvalue weighted by Gasteiger charge is 2.37. The summed E-state index contributed by atoms with van der Waals surface area (Å²) in [7, 11) is 0. The molecule has 0 aliphatic carbocycles. The van der Waals surface area contributed by atoms with Gasteiger partial charge in [0.2, 0.25) is 17.7 Å². The van der Waals surface area contributed by atoms with Gasteiger partial charge >= 0.3 is 0 Å². The average Bonchev–Trinajstić information content (AvgIpc) is 2.98. The van der Waals surface area contributed by atoms with E-state index < -0.39 is 41.6 Å². The van der Waals surface area contributed by atoms with Gasteiger partial charge in [-0.2, -0.15) is 0 Å². The van der Waals surface area contributed by atoms with Gasteiger partial charge in [-0.25, -0.2) is 4.39 Å². The van der Waals surface area contributed by atoms with Gasteiger partial charge in [-0.15, -0.1) is 0 Å². The van der Waals surface area contributed by atoms with E-state index in [1.807, 2.05) is 19.9 Å². The van der Waals surface area contributed by atoms with Crippen molar-refractivity contribution in [3.63, 3.8) is 0 Å². The van der Waals surface area contributed by atoms with Gasteiger partial charge in [0.05, 0.1) is 18.6 Å². The van der Waals surface area contributed by atoms with Gasteiger partial charge in [0.1, 0.15) is 23.7 Å². The summed E-state index contributed by atoms with van der Waals surface area (Å²) >= 11 is 0. The number of rotatable bonds is 5. The highest BCUT2D eigenvalue weighted by atomic mass is 19.1. The molecule has 2 aliphatic rings. The molecular weight excluding hydrogens is 543 g/mol. The van der Waals surface area contributed by atoms with Gasteiger partial charge in [-0.05, 0) is 55.0 Å². The number of ether oxygens (including phenoxy) is 2. The molecule has 4 amide bonds. The summed E-state index contributed by atoms with van der Waals surface area (Å²) in [6.45, 7) is 5.25. The molecule has 2 aromatic carbocycles. The van der Waals surface area contributed by atoms with Gasteiger partial charge in [0.25, 0.3) is 5.91 Å². The van der Waals surface area contributed by atoms with Crippen molar-refractivity contribution in [2.24, 2.45) is 5.92 Å². The molecule has 1 saturated heterocycles. The molecule has 0 saturated carbocycles. The largest absolute Gasteiger partial charge is 0.493 e. The predicted molar refractivity (Wildman–Crippen MR) is 153 cm³/mol. The van der Waals surface area contributed by atoms with Crippen molar-refractivity contribution >= 4 is 23.6 Å². The Morgan fingerprint density at radius 3 is 2.55 bits per heavy atom. The zero-order valence-corrected chi connectivity index (χ0v) is 24.0. The smallest absolute Gasteiger partial charge is 0.255 e. The lowest BCUT2D eigenvalue weighted by Crippen LogP contribution is -2.54. The summed E-state index contributed by atoms with van der Waals surface area (Å²) in [4.78, 5) is 53.0. The number of benzene rings is 2. The van der Waals surface area contributed by atoms with Crippen LogP contribution in [0, 0.1) is 11.7 Å². The summed E-state index contributed by atoms with van der Waals surface area (Å²) in [5, 5.41) is 11.2. The minimum absolute atomic E-state index is 0.156. The fourth-order valence-corrected chi connectivity index (χ4v) is 5.28. The highest BCUT2D eigenvalue weighted by Crippen LogP contribution is 2.34. The maximum absolute atomic E-state index is 14.2. The summed E-state index contributed by atoms with van der Waals surface area (Å²) in [5.74, 6) is -2.31. The highest BCUT2D eigenvalue weighted by molar-refractivity contribution is 6.01. The molecule has 226 valence electrons. The third-order valence-corrected chi connectivity index (χ3v) is 7.77. The predicted octanol–water partition coefficient (Wildman–Crippen LogP) is 2.22. The number of hydrogen-bond donors (Lipinski definition) is 4. The van der Waals surface area contributed by atoms with Crippen molar-refractivity contribution < 1.29 is 33.0 Å². The van der Waals surface area contributed by atoms with Crippen LogP contribution in [-0.2, 0) is 24.5 Å². The van der Waals surface area contributed by atoms with Crippen molar-refractivity contribution in [2.45, 2.75) is 57.0 Å². The zero-order valence-electron chi connectivity index (χ0n) is 24.0. The van der Waals surface area contributed by atoms with Gasteiger partial charge in [0.15, 0.2) is 0 Å². The van der Waals surface area contributed by atoms with E-state index in [1.165, 1.54) is 12.1 Å². The quantitative estimate of drug-likeness (QED) is 0.427. The first-order chi connectivity index (χ1) is 20.2. The Labute approximate surface area is 245 Å². The topological polar surface area (TPSA) is 135 Å². The van der Waals surface area contributed by atoms with E-state index in [9.17, 15) is 23.6 Å². The minimum Gasteiger partial charge on any atom is -0.493 e. The van der Waals surface area contributed by atoms with Crippen LogP contribution in [0.15, 0.2) is 48.5 Å². The first kappa shape index (κ1) is 31.0. The standard InChI is InChI=1S/C31H39FN4O6/c1-20(2)27-30(40)33-13-6-14-42-25-10-4-3-9-23(25)28(38)35-24(18-26(37)36-27)29(39)34-19-31(11-15-41-16-12-31)21-7-5-8-22(32)17-21/h3-5,7-10,17,20,24,27H,6,11-16,18-19H2,1-2H3,(H,33,40)(H,34,39)(H,35,38)(H,36,37)/t24-,27+/m0/s1. The van der Waals surface area contributed by atoms with E-state index in [2.05, 4.69) is 21.3 Å². The fraction of sp³-hybridized carbons (Fsp3) is 0.484. The van der Waals surface area contributed by atoms with Crippen molar-refractivity contribution in [3.05, 3.63) is 65.5 Å². The molecule has 0 aromatic heterocycles. The van der Waals surface area contributed by atoms with Crippen LogP contribution in [0.2, 0.25) is 0 Å². The van der Waals surface area contributed by atoms with E-state index in [0.717, 1.165) is 5.56 Å². The molecule has 2 aromatic rings. The van der Waals surface area contributed by atoms with Crippen LogP contribution in [0.4, 0.5) is 4.39 Å². The molecule has 2 atom stereocenters. The maximum Gasteiger partial charge on any atom is 0.255 e. The Hall–Kier alpha value is -3.99. The lowest BCUT2D eigenvalue weighted by atomic mass is 9.74. The Morgan fingerprint density at radius 2 is 1.81 bits per heavy atom. The molecule has 0 spiro atoms. The molecular formula is C31H39FN4O6. The Bertz CT molecular complexity index is 1280. The zero-order chi connectivity index (χ0) is 30.1. The number of carbonyl (C=O) groups is 4. The molecule has 4 N–H and O–H groups in total. The SMILES string of the molecule is CC(C)[C@H]1NC(=O)C[C@@H](C(=O)NCC2(c3cccc(F)c3)CCOCC2)NC(=O)c2ccccc2OCCCNC1=O. The third-order valence-electron chi connectivity index (χ3n) is 7.77. The summed E-state index contributed by atoms with van der Waals surface area (Å²) < 4.78 is 25.5. The molecule has 11 heteroatoms. The number of amides is 4. The molecule has 10 nitrogen and oxygen atoms in total. The van der Waals surface area contributed by atoms with E-state index in [1.54, 1.807) is 30.3 Å². The third kappa shape index (κ3) is 7.84. The number of hydrogen-bond acceptors (Lipinski definition) is 6. The van der Waals surface area contributed by atoms with Gasteiger partial charge in [0, 0.05) is 31.7 Å². The van der Waals surface area contributed by atoms with Crippen molar-refractivity contribution in [1.29, 1.82) is 0 Å². The van der Waals surface area contributed by atoms with E-state index in [0.29, 0.717) is 44.8 Å². The molecule has 0 radical (unpaired) electrons. The number of nitrogens with one attached hydrogen (secondary N) is 4. The molecule has 42 heavy (non-hydrogen) atoms. The van der Waals surface area contributed by atoms with Crippen molar-refractivity contribution in [2.75, 3.05) is 32.9 Å². The van der Waals surface area contributed by atoms with E-state index in [-0.39, 0.29) is 36.4 Å². The Morgan fingerprint density at radius 1 is 1.05 bits per heavy atom. The van der Waals surface area contributed by atoms with Crippen LogP contribution in [0.3, 0.4) is 0 Å². The molecule has 4 rings (SSSR count). The van der Waals surface area contributed by atoms with Gasteiger partial charge in [-0.3, -0.25) is 19.2 Å².